The number of Topliss-reactive ketones (excluding diaryl/α,β-unsaturated/α-hetero) is 2. The Balaban J connectivity index is 0.000000129. The van der Waals surface area contributed by atoms with Gasteiger partial charge in [0.05, 0.1) is 23.2 Å². The predicted octanol–water partition coefficient (Wildman–Crippen LogP) is 9.07. The zero-order chi connectivity index (χ0) is 34.6. The molecule has 1 aromatic heterocycles. The number of hydrogen-bond acceptors (Lipinski definition) is 6. The Hall–Kier alpha value is -6.79. The number of aromatic nitrogens is 1. The maximum atomic E-state index is 13.1. The lowest BCUT2D eigenvalue weighted by Gasteiger charge is -2.12. The van der Waals surface area contributed by atoms with Gasteiger partial charge in [-0.2, -0.15) is 0 Å². The highest BCUT2D eigenvalue weighted by atomic mass is 16.2. The van der Waals surface area contributed by atoms with E-state index >= 15 is 0 Å². The lowest BCUT2D eigenvalue weighted by Crippen LogP contribution is -2.04. The molecule has 50 heavy (non-hydrogen) atoms. The van der Waals surface area contributed by atoms with Crippen LogP contribution in [-0.2, 0) is 0 Å². The van der Waals surface area contributed by atoms with Crippen molar-refractivity contribution in [2.24, 2.45) is 0 Å². The van der Waals surface area contributed by atoms with Gasteiger partial charge in [0.15, 0.2) is 23.1 Å². The number of pyridine rings is 1. The summed E-state index contributed by atoms with van der Waals surface area (Å²) < 4.78 is 0. The molecule has 0 fully saturated rings. The van der Waals surface area contributed by atoms with Gasteiger partial charge in [-0.15, -0.1) is 0 Å². The van der Waals surface area contributed by atoms with Crippen molar-refractivity contribution >= 4 is 39.7 Å². The van der Waals surface area contributed by atoms with Crippen LogP contribution in [0.3, 0.4) is 0 Å². The largest absolute Gasteiger partial charge is 0.398 e. The molecule has 0 radical (unpaired) electrons. The van der Waals surface area contributed by atoms with E-state index in [2.05, 4.69) is 12.1 Å². The molecule has 6 nitrogen and oxygen atoms in total. The number of benzene rings is 6. The summed E-state index contributed by atoms with van der Waals surface area (Å²) in [5, 5.41) is 1.02. The number of nitrogens with two attached hydrogens (primary N) is 1. The van der Waals surface area contributed by atoms with Gasteiger partial charge in [-0.25, -0.2) is 4.98 Å². The molecule has 2 aliphatic rings. The van der Waals surface area contributed by atoms with Crippen molar-refractivity contribution in [3.05, 3.63) is 191 Å². The molecule has 2 aliphatic carbocycles. The Labute approximate surface area is 288 Å². The number of nitrogen functional groups attached to an aromatic ring is 1. The quantitative estimate of drug-likeness (QED) is 0.116. The van der Waals surface area contributed by atoms with E-state index in [0.29, 0.717) is 27.9 Å². The summed E-state index contributed by atoms with van der Waals surface area (Å²) in [6.07, 6.45) is 0.0549. The van der Waals surface area contributed by atoms with Gasteiger partial charge < -0.3 is 5.73 Å². The van der Waals surface area contributed by atoms with Crippen LogP contribution in [0.4, 0.5) is 5.69 Å². The molecular weight excluding hydrogens is 620 g/mol. The molecule has 0 unspecified atom stereocenters. The number of para-hydroxylation sites is 2. The molecule has 1 heterocycles. The highest BCUT2D eigenvalue weighted by Gasteiger charge is 2.32. The first-order valence-corrected chi connectivity index (χ1v) is 16.1. The lowest BCUT2D eigenvalue weighted by molar-refractivity contribution is 0.0921. The van der Waals surface area contributed by atoms with Crippen molar-refractivity contribution in [1.29, 1.82) is 0 Å². The van der Waals surface area contributed by atoms with E-state index in [1.807, 2.05) is 97.1 Å². The average molecular weight is 651 g/mol. The first-order valence-electron chi connectivity index (χ1n) is 16.1. The van der Waals surface area contributed by atoms with Gasteiger partial charge in [0, 0.05) is 50.0 Å². The van der Waals surface area contributed by atoms with E-state index in [4.69, 9.17) is 10.7 Å². The molecule has 2 N–H and O–H groups in total. The minimum Gasteiger partial charge on any atom is -0.398 e. The third-order valence-electron chi connectivity index (χ3n) is 8.70. The van der Waals surface area contributed by atoms with Gasteiger partial charge in [-0.3, -0.25) is 19.2 Å². The van der Waals surface area contributed by atoms with Crippen molar-refractivity contribution in [2.75, 3.05) is 5.73 Å². The zero-order valence-corrected chi connectivity index (χ0v) is 26.9. The van der Waals surface area contributed by atoms with Gasteiger partial charge in [0.25, 0.3) is 0 Å². The molecule has 6 aromatic carbocycles. The normalized spacial score (nSPS) is 12.2. The van der Waals surface area contributed by atoms with E-state index in [9.17, 15) is 19.2 Å². The number of nitrogens with zero attached hydrogens (tertiary/aromatic N) is 1. The molecule has 0 saturated heterocycles. The van der Waals surface area contributed by atoms with Crippen LogP contribution in [-0.4, -0.2) is 28.1 Å². The summed E-state index contributed by atoms with van der Waals surface area (Å²) >= 11 is 0. The summed E-state index contributed by atoms with van der Waals surface area (Å²) in [7, 11) is 0. The molecular formula is C44H30N2O4. The smallest absolute Gasteiger partial charge is 0.196 e. The molecule has 0 atom stereocenters. The van der Waals surface area contributed by atoms with Crippen LogP contribution in [0, 0.1) is 0 Å². The average Bonchev–Trinajstić information content (AvgIpc) is 3.62. The molecule has 0 bridgehead atoms. The fraction of sp³-hybridized carbons (Fsp3) is 0.0227. The fourth-order valence-electron chi connectivity index (χ4n) is 6.31. The van der Waals surface area contributed by atoms with Crippen LogP contribution in [0.15, 0.2) is 158 Å². The SMILES string of the molecule is Nc1ccccc1C(=O)c1ccccc1.O=C1CC(=O)c2ccccc21.O=C1c2ccccc2-c2nc3ccccc3c(-c3ccccc3)c21. The van der Waals surface area contributed by atoms with Gasteiger partial charge in [-0.05, 0) is 23.8 Å². The van der Waals surface area contributed by atoms with Crippen molar-refractivity contribution < 1.29 is 19.2 Å². The van der Waals surface area contributed by atoms with Crippen molar-refractivity contribution in [3.8, 4) is 22.4 Å². The van der Waals surface area contributed by atoms with Crippen LogP contribution >= 0.6 is 0 Å². The molecule has 0 aliphatic heterocycles. The van der Waals surface area contributed by atoms with E-state index in [0.717, 1.165) is 44.4 Å². The minimum atomic E-state index is -0.0504. The number of anilines is 1. The Kier molecular flexibility index (Phi) is 8.74. The molecule has 9 rings (SSSR count). The van der Waals surface area contributed by atoms with Crippen molar-refractivity contribution in [1.82, 2.24) is 4.98 Å². The Bertz CT molecular complexity index is 2400. The van der Waals surface area contributed by atoms with Crippen LogP contribution in [0.1, 0.15) is 59.0 Å². The Morgan fingerprint density at radius 1 is 0.520 bits per heavy atom. The van der Waals surface area contributed by atoms with Crippen molar-refractivity contribution in [3.63, 3.8) is 0 Å². The summed E-state index contributed by atoms with van der Waals surface area (Å²) in [6, 6.07) is 49.0. The monoisotopic (exact) mass is 650 g/mol. The van der Waals surface area contributed by atoms with Gasteiger partial charge in [-0.1, -0.05) is 140 Å². The van der Waals surface area contributed by atoms with Crippen LogP contribution in [0.2, 0.25) is 0 Å². The number of fused-ring (bicyclic) bond motifs is 5. The van der Waals surface area contributed by atoms with Crippen molar-refractivity contribution in [2.45, 2.75) is 6.42 Å². The third kappa shape index (κ3) is 6.02. The zero-order valence-electron chi connectivity index (χ0n) is 26.9. The van der Waals surface area contributed by atoms with Crippen LogP contribution in [0.25, 0.3) is 33.3 Å². The first-order chi connectivity index (χ1) is 24.4. The molecule has 240 valence electrons. The van der Waals surface area contributed by atoms with Gasteiger partial charge in [0.1, 0.15) is 0 Å². The van der Waals surface area contributed by atoms with Gasteiger partial charge in [0.2, 0.25) is 0 Å². The highest BCUT2D eigenvalue weighted by Crippen LogP contribution is 2.43. The van der Waals surface area contributed by atoms with Crippen LogP contribution in [0.5, 0.6) is 0 Å². The summed E-state index contributed by atoms with van der Waals surface area (Å²) in [5.41, 5.74) is 14.8. The molecule has 0 saturated carbocycles. The Morgan fingerprint density at radius 2 is 1.04 bits per heavy atom. The fourth-order valence-corrected chi connectivity index (χ4v) is 6.31. The number of rotatable bonds is 3. The Morgan fingerprint density at radius 3 is 1.70 bits per heavy atom. The molecule has 7 aromatic rings. The van der Waals surface area contributed by atoms with E-state index in [-0.39, 0.29) is 29.6 Å². The summed E-state index contributed by atoms with van der Waals surface area (Å²) in [6.45, 7) is 0. The summed E-state index contributed by atoms with van der Waals surface area (Å²) in [4.78, 5) is 52.0. The second kappa shape index (κ2) is 13.7. The number of hydrogen-bond donors (Lipinski definition) is 1. The molecule has 0 amide bonds. The third-order valence-corrected chi connectivity index (χ3v) is 8.70. The highest BCUT2D eigenvalue weighted by molar-refractivity contribution is 6.27. The van der Waals surface area contributed by atoms with E-state index < -0.39 is 0 Å². The maximum absolute atomic E-state index is 13.1. The molecule has 6 heteroatoms. The second-order valence-corrected chi connectivity index (χ2v) is 11.8. The molecule has 0 spiro atoms. The number of carbonyl (C=O) groups excluding carboxylic acids is 4. The lowest BCUT2D eigenvalue weighted by atomic mass is 9.94. The van der Waals surface area contributed by atoms with E-state index in [1.165, 1.54) is 0 Å². The van der Waals surface area contributed by atoms with Crippen LogP contribution < -0.4 is 5.73 Å². The minimum absolute atomic E-state index is 0.0336. The van der Waals surface area contributed by atoms with Gasteiger partial charge >= 0.3 is 0 Å². The van der Waals surface area contributed by atoms with E-state index in [1.54, 1.807) is 48.5 Å². The number of ketones is 4. The second-order valence-electron chi connectivity index (χ2n) is 11.8. The number of carbonyl (C=O) groups is 4. The topological polar surface area (TPSA) is 107 Å². The maximum Gasteiger partial charge on any atom is 0.196 e. The summed E-state index contributed by atoms with van der Waals surface area (Å²) in [5.74, 6) is -0.0670. The first kappa shape index (κ1) is 31.8. The predicted molar refractivity (Wildman–Crippen MR) is 196 cm³/mol. The standard InChI is InChI=1S/C22H13NO.C13H11NO.C9H6O2/c24-22-16-11-5-4-10-15(16)21-20(22)19(14-8-2-1-3-9-14)17-12-6-7-13-18(17)23-21;14-12-9-5-4-8-11(12)13(15)10-6-2-1-3-7-10;10-8-5-9(11)7-4-2-1-3-6(7)8/h1-13H;1-9H,14H2;1-4H,5H2.